The number of hydrogen-bond acceptors (Lipinski definition) is 4. The summed E-state index contributed by atoms with van der Waals surface area (Å²) < 4.78 is 5.71. The fraction of sp³-hybridized carbons (Fsp3) is 0.500. The van der Waals surface area contributed by atoms with Gasteiger partial charge in [-0.25, -0.2) is 0 Å². The predicted molar refractivity (Wildman–Crippen MR) is 116 cm³/mol. The van der Waals surface area contributed by atoms with Crippen LogP contribution in [0.3, 0.4) is 0 Å². The minimum Gasteiger partial charge on any atom is -0.491 e. The lowest BCUT2D eigenvalue weighted by atomic mass is 9.88. The van der Waals surface area contributed by atoms with Gasteiger partial charge < -0.3 is 14.7 Å². The molecule has 4 nitrogen and oxygen atoms in total. The highest BCUT2D eigenvalue weighted by molar-refractivity contribution is 5.48. The van der Waals surface area contributed by atoms with Crippen molar-refractivity contribution in [2.24, 2.45) is 0 Å². The average Bonchev–Trinajstić information content (AvgIpc) is 2.69. The van der Waals surface area contributed by atoms with E-state index >= 15 is 0 Å². The molecule has 0 aliphatic carbocycles. The Morgan fingerprint density at radius 3 is 2.29 bits per heavy atom. The van der Waals surface area contributed by atoms with Crippen LogP contribution in [0, 0.1) is 0 Å². The zero-order valence-electron chi connectivity index (χ0n) is 17.5. The Hall–Kier alpha value is -2.04. The number of ether oxygens (including phenoxy) is 1. The highest BCUT2D eigenvalue weighted by Crippen LogP contribution is 2.28. The molecule has 2 aromatic rings. The highest BCUT2D eigenvalue weighted by atomic mass is 16.5. The Kier molecular flexibility index (Phi) is 6.97. The van der Waals surface area contributed by atoms with Crippen LogP contribution >= 0.6 is 0 Å². The molecule has 3 rings (SSSR count). The number of likely N-dealkylation sites (tertiary alicyclic amines) is 1. The molecule has 0 atom stereocenters. The number of piperidine rings is 1. The lowest BCUT2D eigenvalue weighted by Crippen LogP contribution is -2.45. The number of benzene rings is 2. The van der Waals surface area contributed by atoms with Gasteiger partial charge in [0.15, 0.2) is 0 Å². The molecule has 0 bridgehead atoms. The zero-order valence-corrected chi connectivity index (χ0v) is 17.5. The Balaban J connectivity index is 1.45. The minimum absolute atomic E-state index is 0.186. The summed E-state index contributed by atoms with van der Waals surface area (Å²) in [5, 5.41) is 11.0. The molecule has 0 spiro atoms. The highest BCUT2D eigenvalue weighted by Gasteiger charge is 2.32. The van der Waals surface area contributed by atoms with Crippen LogP contribution in [-0.4, -0.2) is 48.4 Å². The largest absolute Gasteiger partial charge is 0.491 e. The van der Waals surface area contributed by atoms with Gasteiger partial charge in [-0.2, -0.15) is 0 Å². The van der Waals surface area contributed by atoms with E-state index in [1.807, 2.05) is 26.0 Å². The van der Waals surface area contributed by atoms with Crippen molar-refractivity contribution in [3.8, 4) is 5.75 Å². The quantitative estimate of drug-likeness (QED) is 0.737. The van der Waals surface area contributed by atoms with Gasteiger partial charge in [0.05, 0.1) is 11.7 Å². The van der Waals surface area contributed by atoms with E-state index in [4.69, 9.17) is 4.74 Å². The van der Waals surface area contributed by atoms with Crippen molar-refractivity contribution in [1.29, 1.82) is 0 Å². The number of nitrogens with zero attached hydrogens (tertiary/aromatic N) is 2. The van der Waals surface area contributed by atoms with Crippen molar-refractivity contribution in [2.45, 2.75) is 51.4 Å². The Bertz CT molecular complexity index is 707. The standard InChI is InChI=1S/C24H34N2O2/c1-20(2)28-23-11-9-22(10-12-23)25(3)16-13-24(27)14-17-26(18-15-24)19-21-7-5-4-6-8-21/h4-12,20,27H,13-19H2,1-3H3. The van der Waals surface area contributed by atoms with Gasteiger partial charge in [0.25, 0.3) is 0 Å². The van der Waals surface area contributed by atoms with Crippen LogP contribution in [0.2, 0.25) is 0 Å². The van der Waals surface area contributed by atoms with Gasteiger partial charge in [0.1, 0.15) is 5.75 Å². The smallest absolute Gasteiger partial charge is 0.119 e. The van der Waals surface area contributed by atoms with E-state index in [-0.39, 0.29) is 6.10 Å². The molecule has 1 N–H and O–H groups in total. The average molecular weight is 383 g/mol. The summed E-state index contributed by atoms with van der Waals surface area (Å²) in [7, 11) is 2.09. The molecule has 4 heteroatoms. The fourth-order valence-electron chi connectivity index (χ4n) is 3.78. The summed E-state index contributed by atoms with van der Waals surface area (Å²) in [6.45, 7) is 7.80. The third kappa shape index (κ3) is 5.98. The van der Waals surface area contributed by atoms with Crippen LogP contribution in [0.5, 0.6) is 5.75 Å². The number of rotatable bonds is 8. The maximum atomic E-state index is 11.0. The van der Waals surface area contributed by atoms with E-state index < -0.39 is 5.60 Å². The molecule has 152 valence electrons. The molecule has 1 aliphatic heterocycles. The molecule has 0 saturated carbocycles. The first-order chi connectivity index (χ1) is 13.4. The van der Waals surface area contributed by atoms with Crippen LogP contribution in [0.15, 0.2) is 54.6 Å². The molecular weight excluding hydrogens is 348 g/mol. The van der Waals surface area contributed by atoms with E-state index in [1.54, 1.807) is 0 Å². The number of hydrogen-bond donors (Lipinski definition) is 1. The molecular formula is C24H34N2O2. The molecule has 0 amide bonds. The molecule has 28 heavy (non-hydrogen) atoms. The van der Waals surface area contributed by atoms with Gasteiger partial charge >= 0.3 is 0 Å². The third-order valence-corrected chi connectivity index (χ3v) is 5.60. The molecule has 1 heterocycles. The van der Waals surface area contributed by atoms with E-state index in [9.17, 15) is 5.11 Å². The maximum Gasteiger partial charge on any atom is 0.119 e. The lowest BCUT2D eigenvalue weighted by Gasteiger charge is -2.39. The summed E-state index contributed by atoms with van der Waals surface area (Å²) in [6.07, 6.45) is 2.67. The van der Waals surface area contributed by atoms with E-state index in [0.29, 0.717) is 0 Å². The van der Waals surface area contributed by atoms with Crippen molar-refractivity contribution < 1.29 is 9.84 Å². The Morgan fingerprint density at radius 1 is 1.04 bits per heavy atom. The van der Waals surface area contributed by atoms with Crippen LogP contribution in [0.25, 0.3) is 0 Å². The Morgan fingerprint density at radius 2 is 1.68 bits per heavy atom. The van der Waals surface area contributed by atoms with Gasteiger partial charge in [-0.1, -0.05) is 30.3 Å². The second kappa shape index (κ2) is 9.44. The molecule has 1 saturated heterocycles. The van der Waals surface area contributed by atoms with Crippen LogP contribution in [0.4, 0.5) is 5.69 Å². The summed E-state index contributed by atoms with van der Waals surface area (Å²) in [6, 6.07) is 18.8. The van der Waals surface area contributed by atoms with Crippen LogP contribution in [-0.2, 0) is 6.54 Å². The lowest BCUT2D eigenvalue weighted by molar-refractivity contribution is -0.0275. The summed E-state index contributed by atoms with van der Waals surface area (Å²) >= 11 is 0. The van der Waals surface area contributed by atoms with E-state index in [0.717, 1.165) is 56.9 Å². The van der Waals surface area contributed by atoms with Gasteiger partial charge in [-0.05, 0) is 62.9 Å². The predicted octanol–water partition coefficient (Wildman–Crippen LogP) is 4.33. The van der Waals surface area contributed by atoms with Crippen molar-refractivity contribution in [3.05, 3.63) is 60.2 Å². The topological polar surface area (TPSA) is 35.9 Å². The first kappa shape index (κ1) is 20.7. The summed E-state index contributed by atoms with van der Waals surface area (Å²) in [4.78, 5) is 4.66. The van der Waals surface area contributed by atoms with E-state index in [2.05, 4.69) is 59.3 Å². The molecule has 1 fully saturated rings. The van der Waals surface area contributed by atoms with Gasteiger partial charge in [-0.3, -0.25) is 4.90 Å². The second-order valence-electron chi connectivity index (χ2n) is 8.32. The van der Waals surface area contributed by atoms with Crippen LogP contribution in [0.1, 0.15) is 38.7 Å². The second-order valence-corrected chi connectivity index (χ2v) is 8.32. The maximum absolute atomic E-state index is 11.0. The third-order valence-electron chi connectivity index (χ3n) is 5.60. The van der Waals surface area contributed by atoms with E-state index in [1.165, 1.54) is 5.56 Å². The fourth-order valence-corrected chi connectivity index (χ4v) is 3.78. The summed E-state index contributed by atoms with van der Waals surface area (Å²) in [5.74, 6) is 0.900. The summed E-state index contributed by atoms with van der Waals surface area (Å²) in [5.41, 5.74) is 1.95. The van der Waals surface area contributed by atoms with Crippen molar-refractivity contribution in [3.63, 3.8) is 0 Å². The van der Waals surface area contributed by atoms with Gasteiger partial charge in [0, 0.05) is 38.9 Å². The van der Waals surface area contributed by atoms with Gasteiger partial charge in [-0.15, -0.1) is 0 Å². The van der Waals surface area contributed by atoms with Crippen molar-refractivity contribution in [2.75, 3.05) is 31.6 Å². The molecule has 2 aromatic carbocycles. The Labute approximate surface area is 169 Å². The molecule has 0 aromatic heterocycles. The first-order valence-corrected chi connectivity index (χ1v) is 10.4. The SMILES string of the molecule is CC(C)Oc1ccc(N(C)CCC2(O)CCN(Cc3ccccc3)CC2)cc1. The first-order valence-electron chi connectivity index (χ1n) is 10.4. The minimum atomic E-state index is -0.553. The van der Waals surface area contributed by atoms with Gasteiger partial charge in [0.2, 0.25) is 0 Å². The molecule has 0 unspecified atom stereocenters. The van der Waals surface area contributed by atoms with Crippen molar-refractivity contribution >= 4 is 5.69 Å². The zero-order chi connectivity index (χ0) is 20.0. The number of anilines is 1. The number of aliphatic hydroxyl groups is 1. The van der Waals surface area contributed by atoms with Crippen LogP contribution < -0.4 is 9.64 Å². The molecule has 0 radical (unpaired) electrons. The monoisotopic (exact) mass is 382 g/mol. The molecule has 1 aliphatic rings. The normalized spacial score (nSPS) is 16.9. The van der Waals surface area contributed by atoms with Crippen molar-refractivity contribution in [1.82, 2.24) is 4.90 Å².